The topological polar surface area (TPSA) is 17.1 Å². The van der Waals surface area contributed by atoms with E-state index in [9.17, 15) is 4.79 Å². The van der Waals surface area contributed by atoms with Gasteiger partial charge in [-0.25, -0.2) is 0 Å². The van der Waals surface area contributed by atoms with Crippen LogP contribution in [0.15, 0.2) is 24.3 Å². The molecule has 0 amide bonds. The van der Waals surface area contributed by atoms with Crippen molar-refractivity contribution in [1.29, 1.82) is 0 Å². The highest BCUT2D eigenvalue weighted by atomic mass is 16.1. The molecule has 0 saturated carbocycles. The minimum atomic E-state index is -0.256. The summed E-state index contributed by atoms with van der Waals surface area (Å²) in [5.41, 5.74) is 1.64. The van der Waals surface area contributed by atoms with Gasteiger partial charge in [0.1, 0.15) is 0 Å². The minimum absolute atomic E-state index is 0. The standard InChI is InChI=1S/C10H8O.H2/c1-3-10(11)9-6-4-5-8(2)7-9;/h1,4-7H,2H3;1H. The predicted octanol–water partition coefficient (Wildman–Crippen LogP) is 2.06. The lowest BCUT2D eigenvalue weighted by atomic mass is 10.1. The second kappa shape index (κ2) is 3.03. The lowest BCUT2D eigenvalue weighted by Crippen LogP contribution is -1.93. The molecular weight excluding hydrogens is 136 g/mol. The van der Waals surface area contributed by atoms with Crippen molar-refractivity contribution < 1.29 is 6.22 Å². The summed E-state index contributed by atoms with van der Waals surface area (Å²) >= 11 is 0. The maximum atomic E-state index is 10.9. The average Bonchev–Trinajstić information content (AvgIpc) is 2.03. The van der Waals surface area contributed by atoms with Gasteiger partial charge < -0.3 is 0 Å². The highest BCUT2D eigenvalue weighted by Gasteiger charge is 1.99. The molecule has 1 aromatic carbocycles. The molecule has 0 radical (unpaired) electrons. The molecule has 1 aromatic rings. The Labute approximate surface area is 67.5 Å². The van der Waals surface area contributed by atoms with Crippen LogP contribution in [0.4, 0.5) is 0 Å². The van der Waals surface area contributed by atoms with Crippen molar-refractivity contribution in [1.82, 2.24) is 0 Å². The Bertz CT molecular complexity index is 323. The van der Waals surface area contributed by atoms with Gasteiger partial charge in [0.05, 0.1) is 0 Å². The molecule has 0 aromatic heterocycles. The summed E-state index contributed by atoms with van der Waals surface area (Å²) in [7, 11) is 0. The highest BCUT2D eigenvalue weighted by molar-refractivity contribution is 6.08. The van der Waals surface area contributed by atoms with E-state index < -0.39 is 0 Å². The van der Waals surface area contributed by atoms with Gasteiger partial charge in [0.2, 0.25) is 5.78 Å². The molecule has 0 aliphatic rings. The van der Waals surface area contributed by atoms with Crippen molar-refractivity contribution in [3.05, 3.63) is 35.4 Å². The quantitative estimate of drug-likeness (QED) is 0.336. The molecule has 1 rings (SSSR count). The molecule has 0 saturated heterocycles. The van der Waals surface area contributed by atoms with Crippen molar-refractivity contribution in [3.8, 4) is 12.3 Å². The summed E-state index contributed by atoms with van der Waals surface area (Å²) in [6.07, 6.45) is 4.95. The van der Waals surface area contributed by atoms with Crippen molar-refractivity contribution in [2.45, 2.75) is 6.92 Å². The summed E-state index contributed by atoms with van der Waals surface area (Å²) in [4.78, 5) is 10.9. The predicted molar refractivity (Wildman–Crippen MR) is 46.5 cm³/mol. The van der Waals surface area contributed by atoms with Gasteiger partial charge in [-0.15, -0.1) is 6.42 Å². The third-order valence-electron chi connectivity index (χ3n) is 1.41. The number of ketones is 1. The minimum Gasteiger partial charge on any atom is -0.279 e. The number of carbonyl (C=O) groups excluding carboxylic acids is 1. The van der Waals surface area contributed by atoms with E-state index in [1.807, 2.05) is 19.1 Å². The molecule has 0 spiro atoms. The number of Topliss-reactive ketones (excluding diaryl/α,β-unsaturated/α-hetero) is 1. The van der Waals surface area contributed by atoms with Crippen LogP contribution in [-0.4, -0.2) is 5.78 Å². The monoisotopic (exact) mass is 146 g/mol. The van der Waals surface area contributed by atoms with E-state index in [1.165, 1.54) is 0 Å². The molecule has 11 heavy (non-hydrogen) atoms. The number of aryl methyl sites for hydroxylation is 1. The van der Waals surface area contributed by atoms with Crippen LogP contribution in [0.5, 0.6) is 0 Å². The molecule has 0 bridgehead atoms. The van der Waals surface area contributed by atoms with Crippen LogP contribution in [0.2, 0.25) is 0 Å². The van der Waals surface area contributed by atoms with Crippen LogP contribution >= 0.6 is 0 Å². The summed E-state index contributed by atoms with van der Waals surface area (Å²) < 4.78 is 0. The molecule has 0 fully saturated rings. The first-order chi connectivity index (χ1) is 5.24. The van der Waals surface area contributed by atoms with Gasteiger partial charge >= 0.3 is 0 Å². The molecule has 1 heteroatoms. The van der Waals surface area contributed by atoms with E-state index >= 15 is 0 Å². The van der Waals surface area contributed by atoms with Crippen molar-refractivity contribution in [2.24, 2.45) is 0 Å². The average molecular weight is 146 g/mol. The lowest BCUT2D eigenvalue weighted by Gasteiger charge is -1.94. The zero-order chi connectivity index (χ0) is 8.27. The van der Waals surface area contributed by atoms with Gasteiger partial charge in [0, 0.05) is 6.99 Å². The zero-order valence-electron chi connectivity index (χ0n) is 6.29. The summed E-state index contributed by atoms with van der Waals surface area (Å²) in [6.45, 7) is 1.92. The number of carbonyl (C=O) groups is 1. The third-order valence-corrected chi connectivity index (χ3v) is 1.41. The number of terminal acetylenes is 1. The zero-order valence-corrected chi connectivity index (χ0v) is 6.29. The largest absolute Gasteiger partial charge is 0.279 e. The molecule has 0 aliphatic heterocycles. The third kappa shape index (κ3) is 1.68. The maximum absolute atomic E-state index is 10.9. The van der Waals surface area contributed by atoms with E-state index in [0.29, 0.717) is 5.56 Å². The van der Waals surface area contributed by atoms with Crippen molar-refractivity contribution in [3.63, 3.8) is 0 Å². The van der Waals surface area contributed by atoms with E-state index in [4.69, 9.17) is 6.42 Å². The normalized spacial score (nSPS) is 8.73. The molecule has 0 atom stereocenters. The molecule has 0 N–H and O–H groups in total. The molecule has 0 unspecified atom stereocenters. The first-order valence-electron chi connectivity index (χ1n) is 3.31. The van der Waals surface area contributed by atoms with E-state index in [2.05, 4.69) is 5.92 Å². The smallest absolute Gasteiger partial charge is 0.235 e. The summed E-state index contributed by atoms with van der Waals surface area (Å²) in [6, 6.07) is 7.24. The van der Waals surface area contributed by atoms with Gasteiger partial charge in [0.25, 0.3) is 0 Å². The Morgan fingerprint density at radius 1 is 1.64 bits per heavy atom. The fourth-order valence-corrected chi connectivity index (χ4v) is 0.870. The fraction of sp³-hybridized carbons (Fsp3) is 0.100. The Kier molecular flexibility index (Phi) is 2.08. The second-order valence-electron chi connectivity index (χ2n) is 2.34. The molecule has 56 valence electrons. The van der Waals surface area contributed by atoms with Gasteiger partial charge in [0.15, 0.2) is 0 Å². The maximum Gasteiger partial charge on any atom is 0.235 e. The van der Waals surface area contributed by atoms with Gasteiger partial charge in [-0.1, -0.05) is 23.8 Å². The van der Waals surface area contributed by atoms with Crippen molar-refractivity contribution in [2.75, 3.05) is 0 Å². The van der Waals surface area contributed by atoms with Crippen LogP contribution in [-0.2, 0) is 0 Å². The van der Waals surface area contributed by atoms with Crippen LogP contribution < -0.4 is 0 Å². The molecule has 0 heterocycles. The Balaban J connectivity index is 0.00000121. The van der Waals surface area contributed by atoms with Crippen molar-refractivity contribution >= 4 is 5.78 Å². The van der Waals surface area contributed by atoms with E-state index in [0.717, 1.165) is 5.56 Å². The van der Waals surface area contributed by atoms with Gasteiger partial charge in [-0.2, -0.15) is 0 Å². The highest BCUT2D eigenvalue weighted by Crippen LogP contribution is 2.03. The first kappa shape index (κ1) is 7.56. The van der Waals surface area contributed by atoms with E-state index in [1.54, 1.807) is 12.1 Å². The Hall–Kier alpha value is -1.55. The van der Waals surface area contributed by atoms with Crippen LogP contribution in [0.1, 0.15) is 17.3 Å². The molecule has 0 aliphatic carbocycles. The number of hydrogen-bond acceptors (Lipinski definition) is 1. The molecular formula is C10H10O. The lowest BCUT2D eigenvalue weighted by molar-refractivity contribution is 0.105. The SMILES string of the molecule is C#CC(=O)c1cccc(C)c1.[HH]. The number of hydrogen-bond donors (Lipinski definition) is 0. The fourth-order valence-electron chi connectivity index (χ4n) is 0.870. The molecule has 1 nitrogen and oxygen atoms in total. The first-order valence-corrected chi connectivity index (χ1v) is 3.31. The van der Waals surface area contributed by atoms with Crippen LogP contribution in [0, 0.1) is 19.3 Å². The van der Waals surface area contributed by atoms with Crippen LogP contribution in [0.3, 0.4) is 0 Å². The van der Waals surface area contributed by atoms with Gasteiger partial charge in [-0.3, -0.25) is 4.79 Å². The summed E-state index contributed by atoms with van der Waals surface area (Å²) in [5.74, 6) is 1.81. The summed E-state index contributed by atoms with van der Waals surface area (Å²) in [5, 5.41) is 0. The Morgan fingerprint density at radius 3 is 2.91 bits per heavy atom. The Morgan fingerprint density at radius 2 is 2.36 bits per heavy atom. The number of benzene rings is 1. The number of rotatable bonds is 1. The second-order valence-corrected chi connectivity index (χ2v) is 2.34. The van der Waals surface area contributed by atoms with Crippen LogP contribution in [0.25, 0.3) is 0 Å². The van der Waals surface area contributed by atoms with E-state index in [-0.39, 0.29) is 7.21 Å². The van der Waals surface area contributed by atoms with Gasteiger partial charge in [-0.05, 0) is 18.9 Å².